The van der Waals surface area contributed by atoms with Gasteiger partial charge in [0.15, 0.2) is 0 Å². The van der Waals surface area contributed by atoms with E-state index in [9.17, 15) is 9.59 Å². The van der Waals surface area contributed by atoms with Crippen molar-refractivity contribution in [3.8, 4) is 5.75 Å². The van der Waals surface area contributed by atoms with E-state index in [2.05, 4.69) is 19.2 Å². The van der Waals surface area contributed by atoms with Crippen molar-refractivity contribution in [3.05, 3.63) is 24.3 Å². The molecule has 1 aromatic carbocycles. The Labute approximate surface area is 138 Å². The molecule has 1 unspecified atom stereocenters. The van der Waals surface area contributed by atoms with Crippen LogP contribution in [0.5, 0.6) is 5.75 Å². The summed E-state index contributed by atoms with van der Waals surface area (Å²) in [7, 11) is 0. The molecule has 0 saturated carbocycles. The highest BCUT2D eigenvalue weighted by Gasteiger charge is 2.36. The summed E-state index contributed by atoms with van der Waals surface area (Å²) in [5, 5.41) is 2.94. The molecule has 1 fully saturated rings. The number of hydrogen-bond acceptors (Lipinski definition) is 3. The first kappa shape index (κ1) is 17.3. The number of para-hydroxylation sites is 2. The molecule has 5 heteroatoms. The highest BCUT2D eigenvalue weighted by atomic mass is 16.5. The van der Waals surface area contributed by atoms with Gasteiger partial charge in [-0.3, -0.25) is 9.59 Å². The highest BCUT2D eigenvalue weighted by molar-refractivity contribution is 6.01. The van der Waals surface area contributed by atoms with Crippen LogP contribution in [0.4, 0.5) is 5.69 Å². The number of amides is 2. The molecule has 1 heterocycles. The molecule has 126 valence electrons. The fourth-order valence-electron chi connectivity index (χ4n) is 2.70. The zero-order valence-electron chi connectivity index (χ0n) is 14.2. The van der Waals surface area contributed by atoms with Crippen molar-refractivity contribution in [1.29, 1.82) is 0 Å². The summed E-state index contributed by atoms with van der Waals surface area (Å²) >= 11 is 0. The highest BCUT2D eigenvalue weighted by Crippen LogP contribution is 2.33. The summed E-state index contributed by atoms with van der Waals surface area (Å²) in [6, 6.07) is 7.47. The van der Waals surface area contributed by atoms with Crippen molar-refractivity contribution in [2.75, 3.05) is 24.6 Å². The molecule has 1 aliphatic heterocycles. The number of rotatable bonds is 7. The summed E-state index contributed by atoms with van der Waals surface area (Å²) < 4.78 is 5.59. The van der Waals surface area contributed by atoms with E-state index in [0.717, 1.165) is 12.1 Å². The first-order chi connectivity index (χ1) is 11.0. The second kappa shape index (κ2) is 7.99. The standard InChI is InChI=1S/C18H26N2O3/c1-4-23-16-8-6-5-7-15(16)20-12-14(11-17(20)21)18(22)19-10-9-13(2)3/h5-8,13-14H,4,9-12H2,1-3H3,(H,19,22). The van der Waals surface area contributed by atoms with Crippen molar-refractivity contribution in [2.45, 2.75) is 33.6 Å². The van der Waals surface area contributed by atoms with Gasteiger partial charge in [-0.05, 0) is 31.4 Å². The van der Waals surface area contributed by atoms with E-state index in [0.29, 0.717) is 31.4 Å². The molecule has 0 aliphatic carbocycles. The predicted octanol–water partition coefficient (Wildman–Crippen LogP) is 2.60. The second-order valence-electron chi connectivity index (χ2n) is 6.28. The van der Waals surface area contributed by atoms with E-state index in [1.165, 1.54) is 0 Å². The van der Waals surface area contributed by atoms with Crippen molar-refractivity contribution in [2.24, 2.45) is 11.8 Å². The minimum atomic E-state index is -0.288. The van der Waals surface area contributed by atoms with Gasteiger partial charge in [-0.25, -0.2) is 0 Å². The molecule has 2 rings (SSSR count). The van der Waals surface area contributed by atoms with Gasteiger partial charge < -0.3 is 15.0 Å². The van der Waals surface area contributed by atoms with Crippen LogP contribution in [0.2, 0.25) is 0 Å². The Hall–Kier alpha value is -2.04. The predicted molar refractivity (Wildman–Crippen MR) is 90.5 cm³/mol. The van der Waals surface area contributed by atoms with E-state index in [1.807, 2.05) is 31.2 Å². The molecule has 1 N–H and O–H groups in total. The molecular formula is C18H26N2O3. The third-order valence-electron chi connectivity index (χ3n) is 3.97. The number of nitrogens with one attached hydrogen (secondary N) is 1. The lowest BCUT2D eigenvalue weighted by atomic mass is 10.1. The van der Waals surface area contributed by atoms with Crippen LogP contribution in [0.15, 0.2) is 24.3 Å². The lowest BCUT2D eigenvalue weighted by molar-refractivity contribution is -0.126. The van der Waals surface area contributed by atoms with E-state index >= 15 is 0 Å². The monoisotopic (exact) mass is 318 g/mol. The van der Waals surface area contributed by atoms with E-state index < -0.39 is 0 Å². The van der Waals surface area contributed by atoms with Gasteiger partial charge in [-0.15, -0.1) is 0 Å². The molecule has 1 aliphatic rings. The van der Waals surface area contributed by atoms with Crippen LogP contribution in [0.3, 0.4) is 0 Å². The molecule has 1 atom stereocenters. The third-order valence-corrected chi connectivity index (χ3v) is 3.97. The molecule has 23 heavy (non-hydrogen) atoms. The fraction of sp³-hybridized carbons (Fsp3) is 0.556. The average molecular weight is 318 g/mol. The zero-order chi connectivity index (χ0) is 16.8. The Morgan fingerprint density at radius 3 is 2.83 bits per heavy atom. The number of nitrogens with zero attached hydrogens (tertiary/aromatic N) is 1. The van der Waals surface area contributed by atoms with Crippen molar-refractivity contribution >= 4 is 17.5 Å². The van der Waals surface area contributed by atoms with Crippen LogP contribution in [0.1, 0.15) is 33.6 Å². The maximum atomic E-state index is 12.3. The van der Waals surface area contributed by atoms with Crippen LogP contribution in [0.25, 0.3) is 0 Å². The van der Waals surface area contributed by atoms with Gasteiger partial charge in [0.25, 0.3) is 0 Å². The molecule has 0 aromatic heterocycles. The van der Waals surface area contributed by atoms with Crippen LogP contribution in [-0.4, -0.2) is 31.5 Å². The summed E-state index contributed by atoms with van der Waals surface area (Å²) in [6.07, 6.45) is 1.21. The number of anilines is 1. The van der Waals surface area contributed by atoms with Gasteiger partial charge >= 0.3 is 0 Å². The number of ether oxygens (including phenoxy) is 1. The SMILES string of the molecule is CCOc1ccccc1N1CC(C(=O)NCCC(C)C)CC1=O. The smallest absolute Gasteiger partial charge is 0.227 e. The first-order valence-electron chi connectivity index (χ1n) is 8.32. The van der Waals surface area contributed by atoms with E-state index in [4.69, 9.17) is 4.74 Å². The quantitative estimate of drug-likeness (QED) is 0.840. The van der Waals surface area contributed by atoms with Crippen molar-refractivity contribution in [3.63, 3.8) is 0 Å². The summed E-state index contributed by atoms with van der Waals surface area (Å²) in [5.74, 6) is 0.889. The minimum Gasteiger partial charge on any atom is -0.492 e. The van der Waals surface area contributed by atoms with Gasteiger partial charge in [0.2, 0.25) is 11.8 Å². The Balaban J connectivity index is 2.01. The van der Waals surface area contributed by atoms with Gasteiger partial charge in [-0.1, -0.05) is 26.0 Å². The zero-order valence-corrected chi connectivity index (χ0v) is 14.2. The normalized spacial score (nSPS) is 17.7. The average Bonchev–Trinajstić information content (AvgIpc) is 2.89. The topological polar surface area (TPSA) is 58.6 Å². The lowest BCUT2D eigenvalue weighted by Gasteiger charge is -2.20. The minimum absolute atomic E-state index is 0.0267. The maximum absolute atomic E-state index is 12.3. The van der Waals surface area contributed by atoms with Crippen molar-refractivity contribution < 1.29 is 14.3 Å². The summed E-state index contributed by atoms with van der Waals surface area (Å²) in [4.78, 5) is 26.2. The number of hydrogen-bond donors (Lipinski definition) is 1. The molecule has 1 saturated heterocycles. The van der Waals surface area contributed by atoms with E-state index in [1.54, 1.807) is 4.90 Å². The Morgan fingerprint density at radius 2 is 2.13 bits per heavy atom. The molecule has 0 spiro atoms. The molecule has 0 radical (unpaired) electrons. The van der Waals surface area contributed by atoms with E-state index in [-0.39, 0.29) is 24.2 Å². The van der Waals surface area contributed by atoms with Crippen molar-refractivity contribution in [1.82, 2.24) is 5.32 Å². The Kier molecular flexibility index (Phi) is 6.02. The van der Waals surface area contributed by atoms with Gasteiger partial charge in [0, 0.05) is 19.5 Å². The maximum Gasteiger partial charge on any atom is 0.227 e. The summed E-state index contributed by atoms with van der Waals surface area (Å²) in [6.45, 7) is 7.77. The first-order valence-corrected chi connectivity index (χ1v) is 8.32. The molecule has 2 amide bonds. The van der Waals surface area contributed by atoms with Crippen LogP contribution in [0, 0.1) is 11.8 Å². The molecule has 5 nitrogen and oxygen atoms in total. The van der Waals surface area contributed by atoms with Crippen LogP contribution >= 0.6 is 0 Å². The molecule has 1 aromatic rings. The molecule has 0 bridgehead atoms. The Bertz CT molecular complexity index is 557. The number of carbonyl (C=O) groups is 2. The van der Waals surface area contributed by atoms with Gasteiger partial charge in [0.05, 0.1) is 18.2 Å². The third kappa shape index (κ3) is 4.47. The lowest BCUT2D eigenvalue weighted by Crippen LogP contribution is -2.34. The van der Waals surface area contributed by atoms with Crippen LogP contribution in [-0.2, 0) is 9.59 Å². The second-order valence-corrected chi connectivity index (χ2v) is 6.28. The van der Waals surface area contributed by atoms with Gasteiger partial charge in [-0.2, -0.15) is 0 Å². The van der Waals surface area contributed by atoms with Gasteiger partial charge in [0.1, 0.15) is 5.75 Å². The Morgan fingerprint density at radius 1 is 1.39 bits per heavy atom. The molecular weight excluding hydrogens is 292 g/mol. The number of benzene rings is 1. The largest absolute Gasteiger partial charge is 0.492 e. The number of carbonyl (C=O) groups excluding carboxylic acids is 2. The van der Waals surface area contributed by atoms with Crippen LogP contribution < -0.4 is 15.0 Å². The summed E-state index contributed by atoms with van der Waals surface area (Å²) in [5.41, 5.74) is 0.747. The fourth-order valence-corrected chi connectivity index (χ4v) is 2.70.